The largest absolute Gasteiger partial charge is 0.506 e. The molecular weight excluding hydrogens is 166 g/mol. The molecule has 72 valence electrons. The van der Waals surface area contributed by atoms with Crippen molar-refractivity contribution >= 4 is 12.5 Å². The van der Waals surface area contributed by atoms with E-state index in [0.717, 1.165) is 5.56 Å². The van der Waals surface area contributed by atoms with Crippen LogP contribution in [0, 0.1) is 6.92 Å². The van der Waals surface area contributed by atoms with Crippen molar-refractivity contribution in [3.05, 3.63) is 36.9 Å². The van der Waals surface area contributed by atoms with Crippen LogP contribution in [0.3, 0.4) is 0 Å². The molecule has 0 bridgehead atoms. The third-order valence-corrected chi connectivity index (χ3v) is 1.18. The van der Waals surface area contributed by atoms with E-state index in [0.29, 0.717) is 5.69 Å². The predicted octanol–water partition coefficient (Wildman–Crippen LogP) is 1.90. The maximum Gasteiger partial charge on any atom is 0.138 e. The standard InChI is InChI=1S/C7H9NO.C2H4.CH2O/c1-5-2-3-7(9)6(8)4-5;2*1-2/h2-4,9H,8H2,1H3;1-2H2;1H2. The average molecular weight is 181 g/mol. The Bertz CT molecular complexity index is 247. The van der Waals surface area contributed by atoms with Crippen LogP contribution in [0.5, 0.6) is 5.75 Å². The van der Waals surface area contributed by atoms with Crippen LogP contribution >= 0.6 is 0 Å². The lowest BCUT2D eigenvalue weighted by Gasteiger charge is -1.97. The normalized spacial score (nSPS) is 7.15. The second-order valence-corrected chi connectivity index (χ2v) is 2.06. The van der Waals surface area contributed by atoms with Crippen LogP contribution in [0.1, 0.15) is 5.56 Å². The first kappa shape index (κ1) is 13.8. The lowest BCUT2D eigenvalue weighted by molar-refractivity contribution is -0.0979. The molecular formula is C10H15NO2. The van der Waals surface area contributed by atoms with Gasteiger partial charge in [-0.2, -0.15) is 0 Å². The second kappa shape index (κ2) is 8.33. The van der Waals surface area contributed by atoms with Gasteiger partial charge in [-0.25, -0.2) is 0 Å². The Balaban J connectivity index is 0. The number of hydrogen-bond acceptors (Lipinski definition) is 3. The fourth-order valence-corrected chi connectivity index (χ4v) is 0.674. The maximum absolute atomic E-state index is 8.92. The van der Waals surface area contributed by atoms with Gasteiger partial charge in [0.15, 0.2) is 0 Å². The van der Waals surface area contributed by atoms with Crippen molar-refractivity contribution in [3.63, 3.8) is 0 Å². The molecule has 0 amide bonds. The van der Waals surface area contributed by atoms with Crippen LogP contribution in [0.25, 0.3) is 0 Å². The average Bonchev–Trinajstić information content (AvgIpc) is 2.18. The lowest BCUT2D eigenvalue weighted by Crippen LogP contribution is -1.85. The van der Waals surface area contributed by atoms with E-state index in [9.17, 15) is 0 Å². The summed E-state index contributed by atoms with van der Waals surface area (Å²) in [5, 5.41) is 8.92. The van der Waals surface area contributed by atoms with E-state index in [4.69, 9.17) is 15.6 Å². The summed E-state index contributed by atoms with van der Waals surface area (Å²) >= 11 is 0. The number of hydrogen-bond donors (Lipinski definition) is 2. The molecule has 3 N–H and O–H groups in total. The van der Waals surface area contributed by atoms with Crippen LogP contribution in [0.2, 0.25) is 0 Å². The van der Waals surface area contributed by atoms with Crippen molar-refractivity contribution in [1.82, 2.24) is 0 Å². The van der Waals surface area contributed by atoms with E-state index < -0.39 is 0 Å². The number of nitrogen functional groups attached to an aromatic ring is 1. The summed E-state index contributed by atoms with van der Waals surface area (Å²) in [5.41, 5.74) is 6.87. The number of rotatable bonds is 0. The number of anilines is 1. The van der Waals surface area contributed by atoms with E-state index in [1.807, 2.05) is 19.8 Å². The molecule has 0 unspecified atom stereocenters. The monoisotopic (exact) mass is 181 g/mol. The van der Waals surface area contributed by atoms with E-state index in [1.165, 1.54) is 0 Å². The zero-order chi connectivity index (χ0) is 10.9. The van der Waals surface area contributed by atoms with Gasteiger partial charge in [-0.3, -0.25) is 0 Å². The minimum absolute atomic E-state index is 0.153. The number of carbonyl (C=O) groups is 1. The van der Waals surface area contributed by atoms with Crippen LogP contribution in [-0.4, -0.2) is 11.9 Å². The van der Waals surface area contributed by atoms with Gasteiger partial charge in [0.2, 0.25) is 0 Å². The molecule has 0 spiro atoms. The topological polar surface area (TPSA) is 63.3 Å². The fraction of sp³-hybridized carbons (Fsp3) is 0.100. The molecule has 0 aliphatic heterocycles. The first-order valence-electron chi connectivity index (χ1n) is 3.54. The SMILES string of the molecule is C=C.C=O.Cc1ccc(O)c(N)c1. The molecule has 13 heavy (non-hydrogen) atoms. The van der Waals surface area contributed by atoms with Gasteiger partial charge in [-0.1, -0.05) is 6.07 Å². The molecule has 3 heteroatoms. The molecule has 0 atom stereocenters. The summed E-state index contributed by atoms with van der Waals surface area (Å²) in [4.78, 5) is 8.00. The minimum Gasteiger partial charge on any atom is -0.506 e. The molecule has 3 nitrogen and oxygen atoms in total. The molecule has 0 heterocycles. The van der Waals surface area contributed by atoms with Gasteiger partial charge >= 0.3 is 0 Å². The van der Waals surface area contributed by atoms with Crippen molar-refractivity contribution in [3.8, 4) is 5.75 Å². The van der Waals surface area contributed by atoms with Gasteiger partial charge in [-0.05, 0) is 24.6 Å². The molecule has 0 saturated carbocycles. The number of nitrogens with two attached hydrogens (primary N) is 1. The molecule has 0 fully saturated rings. The van der Waals surface area contributed by atoms with Crippen molar-refractivity contribution in [1.29, 1.82) is 0 Å². The van der Waals surface area contributed by atoms with Crippen LogP contribution in [-0.2, 0) is 4.79 Å². The van der Waals surface area contributed by atoms with E-state index in [2.05, 4.69) is 13.2 Å². The third kappa shape index (κ3) is 5.49. The first-order chi connectivity index (χ1) is 6.20. The fourth-order valence-electron chi connectivity index (χ4n) is 0.674. The van der Waals surface area contributed by atoms with E-state index in [-0.39, 0.29) is 5.75 Å². The highest BCUT2D eigenvalue weighted by Gasteiger charge is 1.92. The third-order valence-electron chi connectivity index (χ3n) is 1.18. The number of phenolic OH excluding ortho intramolecular Hbond substituents is 1. The van der Waals surface area contributed by atoms with E-state index >= 15 is 0 Å². The van der Waals surface area contributed by atoms with Gasteiger partial charge in [0.1, 0.15) is 12.5 Å². The number of carbonyl (C=O) groups excluding carboxylic acids is 1. The summed E-state index contributed by atoms with van der Waals surface area (Å²) in [6, 6.07) is 5.13. The highest BCUT2D eigenvalue weighted by atomic mass is 16.3. The predicted molar refractivity (Wildman–Crippen MR) is 55.6 cm³/mol. The summed E-state index contributed by atoms with van der Waals surface area (Å²) in [5.74, 6) is 0.153. The minimum atomic E-state index is 0.153. The zero-order valence-electron chi connectivity index (χ0n) is 7.79. The number of aromatic hydroxyl groups is 1. The second-order valence-electron chi connectivity index (χ2n) is 2.06. The Morgan fingerprint density at radius 3 is 2.08 bits per heavy atom. The Kier molecular flexibility index (Phi) is 8.84. The molecule has 0 aromatic heterocycles. The molecule has 0 radical (unpaired) electrons. The summed E-state index contributed by atoms with van der Waals surface area (Å²) in [7, 11) is 0. The molecule has 1 rings (SSSR count). The Morgan fingerprint density at radius 2 is 1.77 bits per heavy atom. The number of benzene rings is 1. The van der Waals surface area contributed by atoms with Gasteiger partial charge in [0.05, 0.1) is 5.69 Å². The molecule has 1 aromatic rings. The van der Waals surface area contributed by atoms with Crippen LogP contribution in [0.4, 0.5) is 5.69 Å². The quantitative estimate of drug-likeness (QED) is 0.365. The van der Waals surface area contributed by atoms with Crippen LogP contribution in [0.15, 0.2) is 31.4 Å². The smallest absolute Gasteiger partial charge is 0.138 e. The number of aryl methyl sites for hydroxylation is 1. The van der Waals surface area contributed by atoms with Crippen molar-refractivity contribution in [2.45, 2.75) is 6.92 Å². The Hall–Kier alpha value is -1.77. The highest BCUT2D eigenvalue weighted by Crippen LogP contribution is 2.19. The summed E-state index contributed by atoms with van der Waals surface area (Å²) in [6.45, 7) is 9.93. The van der Waals surface area contributed by atoms with E-state index in [1.54, 1.807) is 12.1 Å². The highest BCUT2D eigenvalue weighted by molar-refractivity contribution is 5.52. The molecule has 0 saturated heterocycles. The molecule has 1 aromatic carbocycles. The van der Waals surface area contributed by atoms with Gasteiger partial charge < -0.3 is 15.6 Å². The zero-order valence-corrected chi connectivity index (χ0v) is 7.79. The summed E-state index contributed by atoms with van der Waals surface area (Å²) in [6.07, 6.45) is 0. The lowest BCUT2D eigenvalue weighted by atomic mass is 10.2. The Morgan fingerprint density at radius 1 is 1.31 bits per heavy atom. The van der Waals surface area contributed by atoms with Gasteiger partial charge in [0.25, 0.3) is 0 Å². The van der Waals surface area contributed by atoms with Crippen molar-refractivity contribution in [2.24, 2.45) is 0 Å². The first-order valence-corrected chi connectivity index (χ1v) is 3.54. The van der Waals surface area contributed by atoms with Crippen LogP contribution < -0.4 is 5.73 Å². The number of phenols is 1. The summed E-state index contributed by atoms with van der Waals surface area (Å²) < 4.78 is 0. The van der Waals surface area contributed by atoms with Crippen molar-refractivity contribution < 1.29 is 9.90 Å². The van der Waals surface area contributed by atoms with Crippen molar-refractivity contribution in [2.75, 3.05) is 5.73 Å². The van der Waals surface area contributed by atoms with Gasteiger partial charge in [-0.15, -0.1) is 13.2 Å². The maximum atomic E-state index is 8.92. The molecule has 0 aliphatic carbocycles. The molecule has 0 aliphatic rings. The Labute approximate surface area is 78.5 Å². The van der Waals surface area contributed by atoms with Gasteiger partial charge in [0, 0.05) is 0 Å².